The van der Waals surface area contributed by atoms with Gasteiger partial charge in [0.05, 0.1) is 29.0 Å². The quantitative estimate of drug-likeness (QED) is 0.822. The van der Waals surface area contributed by atoms with Crippen molar-refractivity contribution in [2.45, 2.75) is 24.5 Å². The van der Waals surface area contributed by atoms with Crippen LogP contribution in [0.25, 0.3) is 0 Å². The second-order valence-electron chi connectivity index (χ2n) is 4.31. The molecule has 0 amide bonds. The Labute approximate surface area is 109 Å². The SMILES string of the molecule is Cc1cn(C2CCS(=O)(=O)C2)c(SCC(=O)O)n1. The van der Waals surface area contributed by atoms with Gasteiger partial charge in [-0.2, -0.15) is 0 Å². The first kappa shape index (κ1) is 13.4. The fraction of sp³-hybridized carbons (Fsp3) is 0.600. The molecule has 0 aliphatic carbocycles. The monoisotopic (exact) mass is 290 g/mol. The number of sulfone groups is 1. The summed E-state index contributed by atoms with van der Waals surface area (Å²) in [6, 6.07) is -0.118. The van der Waals surface area contributed by atoms with Crippen molar-refractivity contribution < 1.29 is 18.3 Å². The lowest BCUT2D eigenvalue weighted by Gasteiger charge is -2.12. The van der Waals surface area contributed by atoms with Gasteiger partial charge in [0.25, 0.3) is 0 Å². The standard InChI is InChI=1S/C10H14N2O4S2/c1-7-4-12(8-2-3-18(15,16)6-8)10(11-7)17-5-9(13)14/h4,8H,2-3,5-6H2,1H3,(H,13,14). The molecule has 1 fully saturated rings. The number of carboxylic acid groups (broad SMARTS) is 1. The van der Waals surface area contributed by atoms with Crippen LogP contribution in [0.15, 0.2) is 11.4 Å². The van der Waals surface area contributed by atoms with E-state index in [4.69, 9.17) is 5.11 Å². The minimum Gasteiger partial charge on any atom is -0.481 e. The van der Waals surface area contributed by atoms with Crippen LogP contribution in [0.4, 0.5) is 0 Å². The first-order valence-electron chi connectivity index (χ1n) is 5.48. The average Bonchev–Trinajstić information content (AvgIpc) is 2.78. The molecule has 1 aliphatic rings. The third-order valence-corrected chi connectivity index (χ3v) is 5.45. The largest absolute Gasteiger partial charge is 0.481 e. The van der Waals surface area contributed by atoms with E-state index in [-0.39, 0.29) is 23.3 Å². The zero-order valence-corrected chi connectivity index (χ0v) is 11.5. The van der Waals surface area contributed by atoms with Gasteiger partial charge in [-0.3, -0.25) is 4.79 Å². The number of nitrogens with zero attached hydrogens (tertiary/aromatic N) is 2. The number of hydrogen-bond acceptors (Lipinski definition) is 5. The molecule has 1 aromatic heterocycles. The number of aliphatic carboxylic acids is 1. The van der Waals surface area contributed by atoms with E-state index in [1.165, 1.54) is 0 Å². The van der Waals surface area contributed by atoms with Gasteiger partial charge in [0, 0.05) is 6.20 Å². The number of aryl methyl sites for hydroxylation is 1. The number of aromatic nitrogens is 2. The van der Waals surface area contributed by atoms with E-state index in [0.717, 1.165) is 17.5 Å². The summed E-state index contributed by atoms with van der Waals surface area (Å²) in [6.07, 6.45) is 2.36. The molecule has 8 heteroatoms. The number of carbonyl (C=O) groups is 1. The van der Waals surface area contributed by atoms with Crippen LogP contribution < -0.4 is 0 Å². The lowest BCUT2D eigenvalue weighted by molar-refractivity contribution is -0.133. The normalized spacial score (nSPS) is 22.2. The Balaban J connectivity index is 2.20. The van der Waals surface area contributed by atoms with Gasteiger partial charge in [-0.1, -0.05) is 11.8 Å². The van der Waals surface area contributed by atoms with Crippen molar-refractivity contribution in [3.8, 4) is 0 Å². The van der Waals surface area contributed by atoms with E-state index < -0.39 is 15.8 Å². The maximum Gasteiger partial charge on any atom is 0.313 e. The molecule has 6 nitrogen and oxygen atoms in total. The van der Waals surface area contributed by atoms with Gasteiger partial charge in [-0.05, 0) is 13.3 Å². The zero-order valence-electron chi connectivity index (χ0n) is 9.87. The third kappa shape index (κ3) is 3.05. The minimum atomic E-state index is -2.96. The van der Waals surface area contributed by atoms with E-state index in [9.17, 15) is 13.2 Å². The molecule has 1 aromatic rings. The Kier molecular flexibility index (Phi) is 3.67. The molecule has 18 heavy (non-hydrogen) atoms. The Morgan fingerprint density at radius 3 is 2.94 bits per heavy atom. The predicted octanol–water partition coefficient (Wildman–Crippen LogP) is 0.728. The van der Waals surface area contributed by atoms with Crippen molar-refractivity contribution in [2.24, 2.45) is 0 Å². The molecule has 0 saturated carbocycles. The predicted molar refractivity (Wildman–Crippen MR) is 67.6 cm³/mol. The van der Waals surface area contributed by atoms with Crippen LogP contribution in [0.1, 0.15) is 18.2 Å². The molecule has 1 N–H and O–H groups in total. The molecular formula is C10H14N2O4S2. The van der Waals surface area contributed by atoms with Crippen LogP contribution in [0.5, 0.6) is 0 Å². The molecular weight excluding hydrogens is 276 g/mol. The Morgan fingerprint density at radius 1 is 1.67 bits per heavy atom. The van der Waals surface area contributed by atoms with Gasteiger partial charge in [0.1, 0.15) is 0 Å². The minimum absolute atomic E-state index is 0.0735. The van der Waals surface area contributed by atoms with Gasteiger partial charge < -0.3 is 9.67 Å². The highest BCUT2D eigenvalue weighted by Gasteiger charge is 2.30. The molecule has 0 aromatic carbocycles. The van der Waals surface area contributed by atoms with Gasteiger partial charge in [0.15, 0.2) is 15.0 Å². The van der Waals surface area contributed by atoms with Gasteiger partial charge in [-0.15, -0.1) is 0 Å². The van der Waals surface area contributed by atoms with E-state index in [1.807, 2.05) is 6.92 Å². The maximum absolute atomic E-state index is 11.5. The number of imidazole rings is 1. The van der Waals surface area contributed by atoms with E-state index in [1.54, 1.807) is 10.8 Å². The summed E-state index contributed by atoms with van der Waals surface area (Å²) in [5, 5.41) is 9.25. The molecule has 0 bridgehead atoms. The Morgan fingerprint density at radius 2 is 2.39 bits per heavy atom. The molecule has 1 saturated heterocycles. The smallest absolute Gasteiger partial charge is 0.313 e. The van der Waals surface area contributed by atoms with E-state index >= 15 is 0 Å². The summed E-state index contributed by atoms with van der Waals surface area (Å²) >= 11 is 1.12. The van der Waals surface area contributed by atoms with Crippen molar-refractivity contribution >= 4 is 27.6 Å². The van der Waals surface area contributed by atoms with Gasteiger partial charge in [-0.25, -0.2) is 13.4 Å². The molecule has 0 radical (unpaired) electrons. The van der Waals surface area contributed by atoms with Crippen LogP contribution in [-0.4, -0.2) is 46.3 Å². The Hall–Kier alpha value is -1.02. The average molecular weight is 290 g/mol. The van der Waals surface area contributed by atoms with Gasteiger partial charge >= 0.3 is 5.97 Å². The van der Waals surface area contributed by atoms with Gasteiger partial charge in [0.2, 0.25) is 0 Å². The number of carboxylic acids is 1. The molecule has 1 unspecified atom stereocenters. The van der Waals surface area contributed by atoms with E-state index in [2.05, 4.69) is 4.98 Å². The molecule has 0 spiro atoms. The second kappa shape index (κ2) is 4.93. The van der Waals surface area contributed by atoms with E-state index in [0.29, 0.717) is 11.6 Å². The summed E-state index contributed by atoms with van der Waals surface area (Å²) in [5.41, 5.74) is 0.771. The highest BCUT2D eigenvalue weighted by atomic mass is 32.2. The highest BCUT2D eigenvalue weighted by molar-refractivity contribution is 7.99. The highest BCUT2D eigenvalue weighted by Crippen LogP contribution is 2.29. The zero-order chi connectivity index (χ0) is 13.3. The van der Waals surface area contributed by atoms with Crippen molar-refractivity contribution in [3.63, 3.8) is 0 Å². The summed E-state index contributed by atoms with van der Waals surface area (Å²) in [4.78, 5) is 14.8. The van der Waals surface area contributed by atoms with Crippen LogP contribution >= 0.6 is 11.8 Å². The third-order valence-electron chi connectivity index (χ3n) is 2.75. The first-order chi connectivity index (χ1) is 8.37. The van der Waals surface area contributed by atoms with Crippen molar-refractivity contribution in [1.82, 2.24) is 9.55 Å². The van der Waals surface area contributed by atoms with Crippen LogP contribution in [0.3, 0.4) is 0 Å². The maximum atomic E-state index is 11.5. The topological polar surface area (TPSA) is 89.3 Å². The van der Waals surface area contributed by atoms with Crippen LogP contribution in [0.2, 0.25) is 0 Å². The lowest BCUT2D eigenvalue weighted by Crippen LogP contribution is -2.12. The molecule has 1 atom stereocenters. The van der Waals surface area contributed by atoms with Crippen molar-refractivity contribution in [3.05, 3.63) is 11.9 Å². The summed E-state index contributed by atoms with van der Waals surface area (Å²) in [7, 11) is -2.96. The molecule has 1 aliphatic heterocycles. The Bertz CT molecular complexity index is 564. The van der Waals surface area contributed by atoms with Crippen LogP contribution in [0, 0.1) is 6.92 Å². The fourth-order valence-electron chi connectivity index (χ4n) is 1.98. The number of hydrogen-bond donors (Lipinski definition) is 1. The number of rotatable bonds is 4. The lowest BCUT2D eigenvalue weighted by atomic mass is 10.3. The fourth-order valence-corrected chi connectivity index (χ4v) is 4.51. The summed E-state index contributed by atoms with van der Waals surface area (Å²) in [5.74, 6) is -0.677. The van der Waals surface area contributed by atoms with Crippen molar-refractivity contribution in [2.75, 3.05) is 17.3 Å². The molecule has 2 rings (SSSR count). The number of thioether (sulfide) groups is 1. The molecule has 100 valence electrons. The summed E-state index contributed by atoms with van der Waals surface area (Å²) in [6.45, 7) is 1.81. The summed E-state index contributed by atoms with van der Waals surface area (Å²) < 4.78 is 24.7. The molecule has 2 heterocycles. The second-order valence-corrected chi connectivity index (χ2v) is 7.48. The first-order valence-corrected chi connectivity index (χ1v) is 8.28. The van der Waals surface area contributed by atoms with Crippen molar-refractivity contribution in [1.29, 1.82) is 0 Å². The van der Waals surface area contributed by atoms with Crippen LogP contribution in [-0.2, 0) is 14.6 Å².